The highest BCUT2D eigenvalue weighted by molar-refractivity contribution is 6.09. The molecule has 2 amide bonds. The van der Waals surface area contributed by atoms with E-state index in [1.54, 1.807) is 36.3 Å². The van der Waals surface area contributed by atoms with Gasteiger partial charge in [0.25, 0.3) is 5.91 Å². The third kappa shape index (κ3) is 4.06. The Morgan fingerprint density at radius 2 is 2.13 bits per heavy atom. The zero-order chi connectivity index (χ0) is 16.9. The fraction of sp³-hybridized carbons (Fsp3) is 0.500. The van der Waals surface area contributed by atoms with Gasteiger partial charge in [-0.1, -0.05) is 12.5 Å². The molecule has 2 rings (SSSR count). The molecule has 1 atom stereocenters. The van der Waals surface area contributed by atoms with Crippen LogP contribution in [0.1, 0.15) is 39.0 Å². The smallest absolute Gasteiger partial charge is 0.303 e. The lowest BCUT2D eigenvalue weighted by atomic mass is 9.91. The number of aliphatic carboxylic acids is 1. The van der Waals surface area contributed by atoms with Gasteiger partial charge < -0.3 is 15.3 Å². The maximum Gasteiger partial charge on any atom is 0.303 e. The molecule has 7 nitrogen and oxygen atoms in total. The summed E-state index contributed by atoms with van der Waals surface area (Å²) in [6.07, 6.45) is 9.23. The van der Waals surface area contributed by atoms with E-state index >= 15 is 0 Å². The first kappa shape index (κ1) is 16.9. The first-order chi connectivity index (χ1) is 10.9. The van der Waals surface area contributed by atoms with Crippen LogP contribution in [0.5, 0.6) is 0 Å². The minimum Gasteiger partial charge on any atom is -0.481 e. The molecule has 0 aliphatic carbocycles. The van der Waals surface area contributed by atoms with Crippen LogP contribution < -0.4 is 5.32 Å². The van der Waals surface area contributed by atoms with Gasteiger partial charge in [0.15, 0.2) is 0 Å². The molecule has 0 saturated heterocycles. The lowest BCUT2D eigenvalue weighted by Gasteiger charge is -2.41. The number of carbonyl (C=O) groups is 3. The predicted molar refractivity (Wildman–Crippen MR) is 84.7 cm³/mol. The molecular weight excluding hydrogens is 298 g/mol. The number of carbonyl (C=O) groups excluding carboxylic acids is 2. The van der Waals surface area contributed by atoms with E-state index in [9.17, 15) is 14.4 Å². The number of fused-ring (bicyclic) bond motifs is 1. The minimum absolute atomic E-state index is 0.0273. The van der Waals surface area contributed by atoms with E-state index in [2.05, 4.69) is 10.3 Å². The van der Waals surface area contributed by atoms with Crippen molar-refractivity contribution in [2.45, 2.75) is 44.6 Å². The lowest BCUT2D eigenvalue weighted by molar-refractivity contribution is -0.137. The number of hydrogen-bond donors (Lipinski definition) is 2. The van der Waals surface area contributed by atoms with Crippen molar-refractivity contribution in [3.8, 4) is 0 Å². The Hall–Kier alpha value is -2.44. The summed E-state index contributed by atoms with van der Waals surface area (Å²) >= 11 is 0. The molecular formula is C16H21N3O4. The number of nitrogens with one attached hydrogen (secondary N) is 1. The largest absolute Gasteiger partial charge is 0.481 e. The number of hydrogen-bond acceptors (Lipinski definition) is 4. The molecule has 124 valence electrons. The first-order valence-electron chi connectivity index (χ1n) is 7.69. The molecule has 0 saturated carbocycles. The van der Waals surface area contributed by atoms with Crippen LogP contribution in [0, 0.1) is 0 Å². The highest BCUT2D eigenvalue weighted by Crippen LogP contribution is 2.28. The topological polar surface area (TPSA) is 99.1 Å². The Balaban J connectivity index is 1.89. The van der Waals surface area contributed by atoms with E-state index < -0.39 is 11.5 Å². The van der Waals surface area contributed by atoms with E-state index in [1.807, 2.05) is 0 Å². The second kappa shape index (κ2) is 7.21. The number of amides is 2. The molecule has 2 aliphatic rings. The quantitative estimate of drug-likeness (QED) is 0.687. The van der Waals surface area contributed by atoms with Gasteiger partial charge in [-0.2, -0.15) is 4.99 Å². The van der Waals surface area contributed by atoms with Gasteiger partial charge in [0.1, 0.15) is 11.4 Å². The number of carboxylic acid groups (broad SMARTS) is 1. The van der Waals surface area contributed by atoms with Gasteiger partial charge in [-0.3, -0.25) is 14.4 Å². The lowest BCUT2D eigenvalue weighted by Crippen LogP contribution is -2.60. The molecule has 7 heteroatoms. The van der Waals surface area contributed by atoms with Crippen LogP contribution in [0.15, 0.2) is 29.4 Å². The highest BCUT2D eigenvalue weighted by Gasteiger charge is 2.44. The summed E-state index contributed by atoms with van der Waals surface area (Å²) in [6, 6.07) is 0. The standard InChI is InChI=1S/C16H21N3O4/c1-16(15(23)17-9-5-2-3-8-14(21)22)11-13(20)18-12-7-4-6-10-19(12)16/h4,6-7,10H,2-3,5,8-9,11H2,1H3,(H,17,23)(H,21,22). The summed E-state index contributed by atoms with van der Waals surface area (Å²) in [6.45, 7) is 2.19. The summed E-state index contributed by atoms with van der Waals surface area (Å²) in [4.78, 5) is 40.4. The van der Waals surface area contributed by atoms with Gasteiger partial charge in [0.2, 0.25) is 5.91 Å². The third-order valence-electron chi connectivity index (χ3n) is 3.95. The molecule has 2 N–H and O–H groups in total. The normalized spacial score (nSPS) is 22.6. The van der Waals surface area contributed by atoms with Crippen molar-refractivity contribution in [1.82, 2.24) is 10.2 Å². The molecule has 0 bridgehead atoms. The van der Waals surface area contributed by atoms with Crippen LogP contribution in [0.2, 0.25) is 0 Å². The Morgan fingerprint density at radius 1 is 1.35 bits per heavy atom. The molecule has 0 aromatic carbocycles. The van der Waals surface area contributed by atoms with Crippen LogP contribution in [-0.4, -0.2) is 45.7 Å². The SMILES string of the molecule is CC1(C(=O)NCCCCCC(=O)O)CC(=O)N=C2C=CC=CN21. The molecule has 2 heterocycles. The van der Waals surface area contributed by atoms with Crippen molar-refractivity contribution in [2.75, 3.05) is 6.54 Å². The van der Waals surface area contributed by atoms with Crippen molar-refractivity contribution in [3.05, 3.63) is 24.4 Å². The second-order valence-electron chi connectivity index (χ2n) is 5.85. The van der Waals surface area contributed by atoms with Crippen molar-refractivity contribution < 1.29 is 19.5 Å². The Kier molecular flexibility index (Phi) is 5.31. The number of allylic oxidation sites excluding steroid dienone is 2. The van der Waals surface area contributed by atoms with Crippen LogP contribution in [-0.2, 0) is 14.4 Å². The van der Waals surface area contributed by atoms with Crippen LogP contribution >= 0.6 is 0 Å². The molecule has 2 aliphatic heterocycles. The maximum absolute atomic E-state index is 12.5. The van der Waals surface area contributed by atoms with Gasteiger partial charge in [-0.25, -0.2) is 0 Å². The monoisotopic (exact) mass is 319 g/mol. The van der Waals surface area contributed by atoms with Crippen LogP contribution in [0.25, 0.3) is 0 Å². The number of unbranched alkanes of at least 4 members (excludes halogenated alkanes) is 2. The van der Waals surface area contributed by atoms with Gasteiger partial charge in [-0.15, -0.1) is 0 Å². The van der Waals surface area contributed by atoms with Crippen molar-refractivity contribution in [3.63, 3.8) is 0 Å². The average molecular weight is 319 g/mol. The van der Waals surface area contributed by atoms with Gasteiger partial charge in [0, 0.05) is 19.2 Å². The number of nitrogens with zero attached hydrogens (tertiary/aromatic N) is 2. The molecule has 0 fully saturated rings. The fourth-order valence-electron chi connectivity index (χ4n) is 2.65. The zero-order valence-electron chi connectivity index (χ0n) is 13.1. The number of rotatable bonds is 7. The van der Waals surface area contributed by atoms with Crippen molar-refractivity contribution in [1.29, 1.82) is 0 Å². The fourth-order valence-corrected chi connectivity index (χ4v) is 2.65. The Labute approximate surface area is 134 Å². The van der Waals surface area contributed by atoms with Crippen LogP contribution in [0.3, 0.4) is 0 Å². The third-order valence-corrected chi connectivity index (χ3v) is 3.95. The van der Waals surface area contributed by atoms with E-state index in [0.717, 1.165) is 6.42 Å². The Bertz CT molecular complexity index is 594. The average Bonchev–Trinajstić information content (AvgIpc) is 2.50. The van der Waals surface area contributed by atoms with E-state index in [1.165, 1.54) is 0 Å². The minimum atomic E-state index is -0.990. The summed E-state index contributed by atoms with van der Waals surface area (Å²) in [5.41, 5.74) is -0.990. The van der Waals surface area contributed by atoms with Gasteiger partial charge in [0.05, 0.1) is 6.42 Å². The van der Waals surface area contributed by atoms with Crippen molar-refractivity contribution >= 4 is 23.6 Å². The molecule has 0 aromatic rings. The van der Waals surface area contributed by atoms with Gasteiger partial charge >= 0.3 is 5.97 Å². The second-order valence-corrected chi connectivity index (χ2v) is 5.85. The molecule has 1 unspecified atom stereocenters. The maximum atomic E-state index is 12.5. The summed E-state index contributed by atoms with van der Waals surface area (Å²) in [5, 5.41) is 11.4. The molecule has 0 radical (unpaired) electrons. The Morgan fingerprint density at radius 3 is 2.87 bits per heavy atom. The summed E-state index contributed by atoms with van der Waals surface area (Å²) in [5.74, 6) is -0.867. The van der Waals surface area contributed by atoms with Gasteiger partial charge in [-0.05, 0) is 31.9 Å². The predicted octanol–water partition coefficient (Wildman–Crippen LogP) is 1.22. The van der Waals surface area contributed by atoms with E-state index in [0.29, 0.717) is 25.2 Å². The van der Waals surface area contributed by atoms with E-state index in [-0.39, 0.29) is 24.7 Å². The first-order valence-corrected chi connectivity index (χ1v) is 7.69. The molecule has 0 spiro atoms. The summed E-state index contributed by atoms with van der Waals surface area (Å²) < 4.78 is 0. The number of aliphatic imine (C=N–C) groups is 1. The molecule has 23 heavy (non-hydrogen) atoms. The number of carboxylic acids is 1. The van der Waals surface area contributed by atoms with E-state index in [4.69, 9.17) is 5.11 Å². The van der Waals surface area contributed by atoms with Crippen LogP contribution in [0.4, 0.5) is 0 Å². The molecule has 0 aromatic heterocycles. The highest BCUT2D eigenvalue weighted by atomic mass is 16.4. The van der Waals surface area contributed by atoms with Crippen molar-refractivity contribution in [2.24, 2.45) is 4.99 Å². The summed E-state index contributed by atoms with van der Waals surface area (Å²) in [7, 11) is 0. The number of amidine groups is 1. The zero-order valence-corrected chi connectivity index (χ0v) is 13.1.